The number of nitrogens with two attached hydrogens (primary N) is 1. The number of imidazole rings is 1. The maximum atomic E-state index is 5.83. The van der Waals surface area contributed by atoms with Crippen molar-refractivity contribution in [3.63, 3.8) is 0 Å². The fourth-order valence-corrected chi connectivity index (χ4v) is 3.81. The molecule has 5 rings (SSSR count). The third kappa shape index (κ3) is 2.70. The highest BCUT2D eigenvalue weighted by molar-refractivity contribution is 5.63. The summed E-state index contributed by atoms with van der Waals surface area (Å²) < 4.78 is 1.98. The Morgan fingerprint density at radius 1 is 1.20 bits per heavy atom. The van der Waals surface area contributed by atoms with Crippen molar-refractivity contribution in [2.24, 2.45) is 11.8 Å². The Morgan fingerprint density at radius 3 is 3.00 bits per heavy atom. The molecule has 3 aromatic heterocycles. The highest BCUT2D eigenvalue weighted by Gasteiger charge is 2.39. The molecule has 1 saturated carbocycles. The zero-order chi connectivity index (χ0) is 16.8. The molecule has 2 fully saturated rings. The van der Waals surface area contributed by atoms with Crippen molar-refractivity contribution < 1.29 is 0 Å². The van der Waals surface area contributed by atoms with Crippen LogP contribution in [0.15, 0.2) is 36.9 Å². The van der Waals surface area contributed by atoms with Crippen LogP contribution < -0.4 is 16.4 Å². The molecule has 2 aliphatic rings. The van der Waals surface area contributed by atoms with Gasteiger partial charge in [0.1, 0.15) is 17.2 Å². The van der Waals surface area contributed by atoms with Gasteiger partial charge >= 0.3 is 0 Å². The molecule has 2 atom stereocenters. The van der Waals surface area contributed by atoms with Crippen LogP contribution in [0.5, 0.6) is 0 Å². The first-order valence-corrected chi connectivity index (χ1v) is 8.80. The Kier molecular flexibility index (Phi) is 3.34. The number of hydrogen-bond acceptors (Lipinski definition) is 6. The Balaban J connectivity index is 1.44. The molecule has 7 heteroatoms. The average molecular weight is 335 g/mol. The Bertz CT molecular complexity index is 915. The van der Waals surface area contributed by atoms with Crippen LogP contribution in [0.1, 0.15) is 12.8 Å². The van der Waals surface area contributed by atoms with E-state index in [1.165, 1.54) is 12.8 Å². The SMILES string of the molecule is Nc1ccn2c(-c3cncc(N[C@H]4CNC[C@H]4C4CC4)n3)cnc2c1. The number of fused-ring (bicyclic) bond motifs is 1. The molecule has 0 amide bonds. The van der Waals surface area contributed by atoms with E-state index in [0.29, 0.717) is 17.6 Å². The second kappa shape index (κ2) is 5.70. The molecule has 1 aliphatic heterocycles. The maximum absolute atomic E-state index is 5.83. The van der Waals surface area contributed by atoms with Gasteiger partial charge in [0, 0.05) is 37.1 Å². The lowest BCUT2D eigenvalue weighted by Crippen LogP contribution is -2.30. The molecular weight excluding hydrogens is 314 g/mol. The van der Waals surface area contributed by atoms with Gasteiger partial charge in [0.15, 0.2) is 0 Å². The van der Waals surface area contributed by atoms with E-state index >= 15 is 0 Å². The third-order valence-electron chi connectivity index (χ3n) is 5.26. The first-order chi connectivity index (χ1) is 12.3. The first-order valence-electron chi connectivity index (χ1n) is 8.80. The molecule has 4 heterocycles. The lowest BCUT2D eigenvalue weighted by atomic mass is 9.98. The molecule has 1 aliphatic carbocycles. The normalized spacial score (nSPS) is 23.2. The number of pyridine rings is 1. The van der Waals surface area contributed by atoms with E-state index < -0.39 is 0 Å². The zero-order valence-electron chi connectivity index (χ0n) is 13.9. The smallest absolute Gasteiger partial charge is 0.145 e. The van der Waals surface area contributed by atoms with Crippen molar-refractivity contribution in [3.05, 3.63) is 36.9 Å². The van der Waals surface area contributed by atoms with E-state index in [9.17, 15) is 0 Å². The molecule has 0 bridgehead atoms. The molecule has 25 heavy (non-hydrogen) atoms. The summed E-state index contributed by atoms with van der Waals surface area (Å²) in [6.45, 7) is 2.09. The molecule has 3 aromatic rings. The van der Waals surface area contributed by atoms with Crippen LogP contribution in [0.25, 0.3) is 17.0 Å². The van der Waals surface area contributed by atoms with Gasteiger partial charge in [0.2, 0.25) is 0 Å². The first kappa shape index (κ1) is 14.7. The fourth-order valence-electron chi connectivity index (χ4n) is 3.81. The molecular formula is C18H21N7. The number of aromatic nitrogens is 4. The number of nitrogen functional groups attached to an aromatic ring is 1. The topological polar surface area (TPSA) is 93.2 Å². The van der Waals surface area contributed by atoms with Crippen LogP contribution in [0, 0.1) is 11.8 Å². The van der Waals surface area contributed by atoms with Crippen LogP contribution in [-0.4, -0.2) is 38.5 Å². The van der Waals surface area contributed by atoms with E-state index in [1.807, 2.05) is 28.9 Å². The number of anilines is 2. The molecule has 1 saturated heterocycles. The van der Waals surface area contributed by atoms with Crippen LogP contribution in [0.2, 0.25) is 0 Å². The second-order valence-electron chi connectivity index (χ2n) is 7.03. The van der Waals surface area contributed by atoms with Gasteiger partial charge in [-0.25, -0.2) is 9.97 Å². The van der Waals surface area contributed by atoms with E-state index in [0.717, 1.165) is 41.9 Å². The van der Waals surface area contributed by atoms with Gasteiger partial charge in [0.25, 0.3) is 0 Å². The van der Waals surface area contributed by atoms with Gasteiger partial charge < -0.3 is 16.4 Å². The van der Waals surface area contributed by atoms with E-state index in [-0.39, 0.29) is 0 Å². The number of hydrogen-bond donors (Lipinski definition) is 3. The lowest BCUT2D eigenvalue weighted by Gasteiger charge is -2.20. The minimum Gasteiger partial charge on any atom is -0.399 e. The molecule has 0 radical (unpaired) electrons. The van der Waals surface area contributed by atoms with Crippen LogP contribution >= 0.6 is 0 Å². The molecule has 7 nitrogen and oxygen atoms in total. The molecule has 0 unspecified atom stereocenters. The summed E-state index contributed by atoms with van der Waals surface area (Å²) in [6.07, 6.45) is 10.0. The van der Waals surface area contributed by atoms with E-state index in [1.54, 1.807) is 12.4 Å². The zero-order valence-corrected chi connectivity index (χ0v) is 13.9. The van der Waals surface area contributed by atoms with E-state index in [4.69, 9.17) is 10.7 Å². The van der Waals surface area contributed by atoms with Gasteiger partial charge in [-0.05, 0) is 30.7 Å². The molecule has 128 valence electrons. The van der Waals surface area contributed by atoms with Gasteiger partial charge in [-0.1, -0.05) is 0 Å². The summed E-state index contributed by atoms with van der Waals surface area (Å²) >= 11 is 0. The van der Waals surface area contributed by atoms with Gasteiger partial charge in [-0.3, -0.25) is 9.38 Å². The lowest BCUT2D eigenvalue weighted by molar-refractivity contribution is 0.473. The van der Waals surface area contributed by atoms with Crippen molar-refractivity contribution >= 4 is 17.2 Å². The summed E-state index contributed by atoms with van der Waals surface area (Å²) in [5.74, 6) is 2.39. The summed E-state index contributed by atoms with van der Waals surface area (Å²) in [5.41, 5.74) is 9.06. The van der Waals surface area contributed by atoms with Gasteiger partial charge in [0.05, 0.1) is 24.3 Å². The van der Waals surface area contributed by atoms with Crippen molar-refractivity contribution in [3.8, 4) is 11.4 Å². The quantitative estimate of drug-likeness (QED) is 0.673. The van der Waals surface area contributed by atoms with Crippen LogP contribution in [0.3, 0.4) is 0 Å². The van der Waals surface area contributed by atoms with E-state index in [2.05, 4.69) is 20.6 Å². The maximum Gasteiger partial charge on any atom is 0.145 e. The molecule has 0 aromatic carbocycles. The second-order valence-corrected chi connectivity index (χ2v) is 7.03. The number of rotatable bonds is 4. The fraction of sp³-hybridized carbons (Fsp3) is 0.389. The Labute approximate surface area is 145 Å². The third-order valence-corrected chi connectivity index (χ3v) is 5.26. The van der Waals surface area contributed by atoms with Crippen molar-refractivity contribution in [2.45, 2.75) is 18.9 Å². The van der Waals surface area contributed by atoms with Crippen molar-refractivity contribution in [2.75, 3.05) is 24.1 Å². The summed E-state index contributed by atoms with van der Waals surface area (Å²) in [4.78, 5) is 13.6. The molecule has 4 N–H and O–H groups in total. The van der Waals surface area contributed by atoms with Crippen LogP contribution in [0.4, 0.5) is 11.5 Å². The predicted octanol–water partition coefficient (Wildman–Crippen LogP) is 1.78. The number of nitrogens with one attached hydrogen (secondary N) is 2. The monoisotopic (exact) mass is 335 g/mol. The molecule has 0 spiro atoms. The summed E-state index contributed by atoms with van der Waals surface area (Å²) in [7, 11) is 0. The largest absolute Gasteiger partial charge is 0.399 e. The van der Waals surface area contributed by atoms with Crippen LogP contribution in [-0.2, 0) is 0 Å². The Morgan fingerprint density at radius 2 is 2.12 bits per heavy atom. The van der Waals surface area contributed by atoms with Crippen molar-refractivity contribution in [1.29, 1.82) is 0 Å². The van der Waals surface area contributed by atoms with Crippen molar-refractivity contribution in [1.82, 2.24) is 24.7 Å². The summed E-state index contributed by atoms with van der Waals surface area (Å²) in [5, 5.41) is 7.09. The standard InChI is InChI=1S/C18H21N7/c19-12-3-4-25-16(9-22-18(25)5-12)15-8-21-10-17(24-15)23-14-7-20-6-13(14)11-1-2-11/h3-5,8-11,13-14,20H,1-2,6-7,19H2,(H,23,24)/t13-,14-/m0/s1. The number of nitrogens with zero attached hydrogens (tertiary/aromatic N) is 4. The van der Waals surface area contributed by atoms with Gasteiger partial charge in [-0.2, -0.15) is 0 Å². The Hall–Kier alpha value is -2.67. The minimum atomic E-state index is 0.430. The highest BCUT2D eigenvalue weighted by atomic mass is 15.1. The predicted molar refractivity (Wildman–Crippen MR) is 97.1 cm³/mol. The minimum absolute atomic E-state index is 0.430. The average Bonchev–Trinajstić information content (AvgIpc) is 3.21. The van der Waals surface area contributed by atoms with Gasteiger partial charge in [-0.15, -0.1) is 0 Å². The summed E-state index contributed by atoms with van der Waals surface area (Å²) in [6, 6.07) is 4.14. The highest BCUT2D eigenvalue weighted by Crippen LogP contribution is 2.40.